The lowest BCUT2D eigenvalue weighted by atomic mass is 10.3. The van der Waals surface area contributed by atoms with Crippen LogP contribution in [0.5, 0.6) is 0 Å². The Bertz CT molecular complexity index is 673. The molecule has 0 bridgehead atoms. The Balaban J connectivity index is 1.73. The van der Waals surface area contributed by atoms with Crippen LogP contribution in [0.2, 0.25) is 0 Å². The molecule has 5 heteroatoms. The SMILES string of the molecule is O=C(NCc1ccccn1)c1nc2ccccc2[nH]1. The van der Waals surface area contributed by atoms with Gasteiger partial charge in [-0.05, 0) is 24.3 Å². The summed E-state index contributed by atoms with van der Waals surface area (Å²) in [6.45, 7) is 0.386. The molecule has 0 unspecified atom stereocenters. The van der Waals surface area contributed by atoms with Gasteiger partial charge in [-0.1, -0.05) is 18.2 Å². The molecule has 3 aromatic rings. The molecule has 2 aromatic heterocycles. The third kappa shape index (κ3) is 2.44. The van der Waals surface area contributed by atoms with E-state index in [-0.39, 0.29) is 5.91 Å². The van der Waals surface area contributed by atoms with Crippen molar-refractivity contribution in [2.45, 2.75) is 6.54 Å². The van der Waals surface area contributed by atoms with Crippen LogP contribution in [-0.4, -0.2) is 20.9 Å². The molecule has 0 spiro atoms. The third-order valence-corrected chi connectivity index (χ3v) is 2.76. The van der Waals surface area contributed by atoms with E-state index < -0.39 is 0 Å². The number of nitrogens with one attached hydrogen (secondary N) is 2. The maximum atomic E-state index is 12.0. The van der Waals surface area contributed by atoms with Crippen LogP contribution in [-0.2, 0) is 6.54 Å². The summed E-state index contributed by atoms with van der Waals surface area (Å²) in [5.74, 6) is 0.0824. The molecule has 0 atom stereocenters. The lowest BCUT2D eigenvalue weighted by Crippen LogP contribution is -2.24. The lowest BCUT2D eigenvalue weighted by molar-refractivity contribution is 0.0941. The molecule has 0 aliphatic carbocycles. The predicted molar refractivity (Wildman–Crippen MR) is 71.5 cm³/mol. The normalized spacial score (nSPS) is 10.5. The van der Waals surface area contributed by atoms with Crippen LogP contribution in [0.15, 0.2) is 48.7 Å². The summed E-state index contributed by atoms with van der Waals surface area (Å²) in [7, 11) is 0. The average molecular weight is 252 g/mol. The van der Waals surface area contributed by atoms with Crippen molar-refractivity contribution < 1.29 is 4.79 Å². The van der Waals surface area contributed by atoms with E-state index >= 15 is 0 Å². The zero-order valence-electron chi connectivity index (χ0n) is 10.1. The van der Waals surface area contributed by atoms with Gasteiger partial charge in [-0.15, -0.1) is 0 Å². The van der Waals surface area contributed by atoms with Crippen molar-refractivity contribution in [3.8, 4) is 0 Å². The Hall–Kier alpha value is -2.69. The number of fused-ring (bicyclic) bond motifs is 1. The van der Waals surface area contributed by atoms with E-state index in [0.29, 0.717) is 12.4 Å². The third-order valence-electron chi connectivity index (χ3n) is 2.76. The van der Waals surface area contributed by atoms with Crippen molar-refractivity contribution in [1.82, 2.24) is 20.3 Å². The fourth-order valence-electron chi connectivity index (χ4n) is 1.82. The van der Waals surface area contributed by atoms with E-state index in [1.165, 1.54) is 0 Å². The van der Waals surface area contributed by atoms with Gasteiger partial charge < -0.3 is 10.3 Å². The molecular weight excluding hydrogens is 240 g/mol. The number of benzene rings is 1. The van der Waals surface area contributed by atoms with E-state index in [9.17, 15) is 4.79 Å². The quantitative estimate of drug-likeness (QED) is 0.747. The monoisotopic (exact) mass is 252 g/mol. The molecule has 19 heavy (non-hydrogen) atoms. The minimum Gasteiger partial charge on any atom is -0.344 e. The van der Waals surface area contributed by atoms with Crippen LogP contribution in [0.3, 0.4) is 0 Å². The summed E-state index contributed by atoms with van der Waals surface area (Å²) >= 11 is 0. The maximum Gasteiger partial charge on any atom is 0.287 e. The standard InChI is InChI=1S/C14H12N4O/c19-14(16-9-10-5-3-4-8-15-10)13-17-11-6-1-2-7-12(11)18-13/h1-8H,9H2,(H,16,19)(H,17,18). The summed E-state index contributed by atoms with van der Waals surface area (Å²) in [4.78, 5) is 23.3. The highest BCUT2D eigenvalue weighted by molar-refractivity contribution is 5.94. The van der Waals surface area contributed by atoms with Crippen molar-refractivity contribution in [1.29, 1.82) is 0 Å². The highest BCUT2D eigenvalue weighted by Crippen LogP contribution is 2.10. The van der Waals surface area contributed by atoms with Crippen LogP contribution >= 0.6 is 0 Å². The van der Waals surface area contributed by atoms with Crippen LogP contribution in [0.1, 0.15) is 16.3 Å². The zero-order chi connectivity index (χ0) is 13.1. The fraction of sp³-hybridized carbons (Fsp3) is 0.0714. The Morgan fingerprint density at radius 2 is 2.00 bits per heavy atom. The summed E-state index contributed by atoms with van der Waals surface area (Å²) in [5, 5.41) is 2.78. The summed E-state index contributed by atoms with van der Waals surface area (Å²) in [6.07, 6.45) is 1.70. The minimum absolute atomic E-state index is 0.234. The van der Waals surface area contributed by atoms with Crippen LogP contribution < -0.4 is 5.32 Å². The number of hydrogen-bond donors (Lipinski definition) is 2. The van der Waals surface area contributed by atoms with Crippen molar-refractivity contribution in [3.05, 3.63) is 60.2 Å². The van der Waals surface area contributed by atoms with Gasteiger partial charge in [0, 0.05) is 6.20 Å². The number of H-pyrrole nitrogens is 1. The number of rotatable bonds is 3. The average Bonchev–Trinajstić information content (AvgIpc) is 2.90. The number of pyridine rings is 1. The molecule has 0 saturated carbocycles. The fourth-order valence-corrected chi connectivity index (χ4v) is 1.82. The summed E-state index contributed by atoms with van der Waals surface area (Å²) < 4.78 is 0. The zero-order valence-corrected chi connectivity index (χ0v) is 10.1. The number of aromatic nitrogens is 3. The molecular formula is C14H12N4O. The van der Waals surface area contributed by atoms with Crippen molar-refractivity contribution in [2.24, 2.45) is 0 Å². The van der Waals surface area contributed by atoms with E-state index in [2.05, 4.69) is 20.3 Å². The molecule has 94 valence electrons. The van der Waals surface area contributed by atoms with Gasteiger partial charge in [-0.2, -0.15) is 0 Å². The second kappa shape index (κ2) is 4.89. The molecule has 0 fully saturated rings. The van der Waals surface area contributed by atoms with E-state index in [4.69, 9.17) is 0 Å². The second-order valence-corrected chi connectivity index (χ2v) is 4.11. The van der Waals surface area contributed by atoms with E-state index in [1.54, 1.807) is 6.20 Å². The molecule has 0 radical (unpaired) electrons. The number of hydrogen-bond acceptors (Lipinski definition) is 3. The van der Waals surface area contributed by atoms with Gasteiger partial charge in [-0.25, -0.2) is 4.98 Å². The van der Waals surface area contributed by atoms with Gasteiger partial charge in [0.15, 0.2) is 5.82 Å². The van der Waals surface area contributed by atoms with Crippen LogP contribution in [0, 0.1) is 0 Å². The van der Waals surface area contributed by atoms with Crippen LogP contribution in [0.4, 0.5) is 0 Å². The molecule has 1 amide bonds. The first-order chi connectivity index (χ1) is 9.33. The van der Waals surface area contributed by atoms with Crippen molar-refractivity contribution in [2.75, 3.05) is 0 Å². The Morgan fingerprint density at radius 3 is 2.79 bits per heavy atom. The number of amides is 1. The smallest absolute Gasteiger partial charge is 0.287 e. The van der Waals surface area contributed by atoms with Gasteiger partial charge in [0.2, 0.25) is 0 Å². The van der Waals surface area contributed by atoms with E-state index in [1.807, 2.05) is 42.5 Å². The molecule has 0 saturated heterocycles. The molecule has 2 N–H and O–H groups in total. The molecule has 0 aliphatic rings. The molecule has 5 nitrogen and oxygen atoms in total. The largest absolute Gasteiger partial charge is 0.344 e. The van der Waals surface area contributed by atoms with Gasteiger partial charge in [0.1, 0.15) is 0 Å². The highest BCUT2D eigenvalue weighted by atomic mass is 16.2. The van der Waals surface area contributed by atoms with E-state index in [0.717, 1.165) is 16.7 Å². The summed E-state index contributed by atoms with van der Waals surface area (Å²) in [5.41, 5.74) is 2.45. The molecule has 2 heterocycles. The number of carbonyl (C=O) groups excluding carboxylic acids is 1. The molecule has 1 aromatic carbocycles. The Morgan fingerprint density at radius 1 is 1.16 bits per heavy atom. The molecule has 3 rings (SSSR count). The number of aromatic amines is 1. The second-order valence-electron chi connectivity index (χ2n) is 4.11. The number of para-hydroxylation sites is 2. The number of imidazole rings is 1. The first-order valence-corrected chi connectivity index (χ1v) is 5.96. The maximum absolute atomic E-state index is 12.0. The highest BCUT2D eigenvalue weighted by Gasteiger charge is 2.10. The van der Waals surface area contributed by atoms with Crippen LogP contribution in [0.25, 0.3) is 11.0 Å². The van der Waals surface area contributed by atoms with Gasteiger partial charge in [0.05, 0.1) is 23.3 Å². The Labute approximate surface area is 109 Å². The van der Waals surface area contributed by atoms with Crippen molar-refractivity contribution in [3.63, 3.8) is 0 Å². The first kappa shape index (κ1) is 11.4. The number of carbonyl (C=O) groups is 1. The number of nitrogens with zero attached hydrogens (tertiary/aromatic N) is 2. The first-order valence-electron chi connectivity index (χ1n) is 5.96. The Kier molecular flexibility index (Phi) is 2.94. The van der Waals surface area contributed by atoms with Crippen molar-refractivity contribution >= 4 is 16.9 Å². The van der Waals surface area contributed by atoms with Gasteiger partial charge >= 0.3 is 0 Å². The molecule has 0 aliphatic heterocycles. The minimum atomic E-state index is -0.234. The lowest BCUT2D eigenvalue weighted by Gasteiger charge is -2.01. The van der Waals surface area contributed by atoms with Gasteiger partial charge in [-0.3, -0.25) is 9.78 Å². The topological polar surface area (TPSA) is 70.7 Å². The summed E-state index contributed by atoms with van der Waals surface area (Å²) in [6, 6.07) is 13.1. The van der Waals surface area contributed by atoms with Gasteiger partial charge in [0.25, 0.3) is 5.91 Å². The predicted octanol–water partition coefficient (Wildman–Crippen LogP) is 1.89.